The topological polar surface area (TPSA) is 55.1 Å². The summed E-state index contributed by atoms with van der Waals surface area (Å²) in [6.45, 7) is 0. The molecule has 0 fully saturated rings. The first-order valence-electron chi connectivity index (χ1n) is 5.64. The summed E-state index contributed by atoms with van der Waals surface area (Å²) in [5, 5.41) is 2.52. The Morgan fingerprint density at radius 3 is 2.68 bits per heavy atom. The Morgan fingerprint density at radius 1 is 1.26 bits per heavy atom. The molecule has 2 rings (SSSR count). The molecule has 0 saturated heterocycles. The third-order valence-electron chi connectivity index (χ3n) is 2.61. The molecule has 0 aliphatic carbocycles. The van der Waals surface area contributed by atoms with E-state index in [0.29, 0.717) is 10.2 Å². The van der Waals surface area contributed by atoms with Gasteiger partial charge in [-0.1, -0.05) is 34.1 Å². The molecule has 0 radical (unpaired) electrons. The lowest BCUT2D eigenvalue weighted by atomic mass is 10.1. The van der Waals surface area contributed by atoms with Gasteiger partial charge in [-0.05, 0) is 29.8 Å². The number of para-hydroxylation sites is 1. The average Bonchev–Trinajstić information content (AvgIpc) is 2.36. The summed E-state index contributed by atoms with van der Waals surface area (Å²) in [6.07, 6.45) is 0.113. The molecule has 98 valence electrons. The van der Waals surface area contributed by atoms with Gasteiger partial charge < -0.3 is 11.1 Å². The van der Waals surface area contributed by atoms with Crippen LogP contribution in [0.2, 0.25) is 0 Å². The highest BCUT2D eigenvalue weighted by molar-refractivity contribution is 9.10. The summed E-state index contributed by atoms with van der Waals surface area (Å²) >= 11 is 3.16. The predicted octanol–water partition coefficient (Wildman–Crippen LogP) is 3.35. The average molecular weight is 323 g/mol. The number of nitrogen functional groups attached to an aromatic ring is 1. The zero-order valence-corrected chi connectivity index (χ0v) is 11.6. The van der Waals surface area contributed by atoms with Gasteiger partial charge in [-0.15, -0.1) is 0 Å². The molecule has 0 aliphatic rings. The van der Waals surface area contributed by atoms with E-state index >= 15 is 0 Å². The largest absolute Gasteiger partial charge is 0.398 e. The van der Waals surface area contributed by atoms with Crippen LogP contribution < -0.4 is 11.1 Å². The van der Waals surface area contributed by atoms with Crippen molar-refractivity contribution in [3.63, 3.8) is 0 Å². The van der Waals surface area contributed by atoms with Gasteiger partial charge in [0.05, 0.1) is 12.1 Å². The predicted molar refractivity (Wildman–Crippen MR) is 77.3 cm³/mol. The van der Waals surface area contributed by atoms with Crippen LogP contribution in [0.5, 0.6) is 0 Å². The summed E-state index contributed by atoms with van der Waals surface area (Å²) in [4.78, 5) is 11.8. The van der Waals surface area contributed by atoms with Crippen LogP contribution in [0.15, 0.2) is 46.9 Å². The maximum Gasteiger partial charge on any atom is 0.228 e. The quantitative estimate of drug-likeness (QED) is 0.851. The van der Waals surface area contributed by atoms with E-state index in [4.69, 9.17) is 5.73 Å². The standard InChI is InChI=1S/C14H12BrFN2O/c15-10-5-6-13(11(16)8-10)18-14(19)7-9-3-1-2-4-12(9)17/h1-6,8H,7,17H2,(H,18,19). The van der Waals surface area contributed by atoms with Crippen LogP contribution in [0.3, 0.4) is 0 Å². The second-order valence-corrected chi connectivity index (χ2v) is 4.96. The molecule has 0 bridgehead atoms. The highest BCUT2D eigenvalue weighted by atomic mass is 79.9. The van der Waals surface area contributed by atoms with E-state index in [9.17, 15) is 9.18 Å². The minimum Gasteiger partial charge on any atom is -0.398 e. The summed E-state index contributed by atoms with van der Waals surface area (Å²) in [5.74, 6) is -0.789. The van der Waals surface area contributed by atoms with Crippen molar-refractivity contribution in [1.82, 2.24) is 0 Å². The van der Waals surface area contributed by atoms with Crippen molar-refractivity contribution in [3.05, 3.63) is 58.3 Å². The first-order chi connectivity index (χ1) is 9.06. The number of carbonyl (C=O) groups excluding carboxylic acids is 1. The van der Waals surface area contributed by atoms with Crippen molar-refractivity contribution < 1.29 is 9.18 Å². The Morgan fingerprint density at radius 2 is 2.00 bits per heavy atom. The van der Waals surface area contributed by atoms with Gasteiger partial charge in [0, 0.05) is 10.2 Å². The first-order valence-corrected chi connectivity index (χ1v) is 6.44. The number of nitrogens with two attached hydrogens (primary N) is 1. The molecule has 0 unspecified atom stereocenters. The molecule has 2 aromatic carbocycles. The van der Waals surface area contributed by atoms with Crippen molar-refractivity contribution in [3.8, 4) is 0 Å². The van der Waals surface area contributed by atoms with Gasteiger partial charge in [0.1, 0.15) is 5.82 Å². The minimum atomic E-state index is -0.483. The molecule has 0 aliphatic heterocycles. The number of carbonyl (C=O) groups is 1. The number of anilines is 2. The number of halogens is 2. The number of hydrogen-bond acceptors (Lipinski definition) is 2. The Hall–Kier alpha value is -1.88. The number of amides is 1. The molecule has 0 atom stereocenters. The van der Waals surface area contributed by atoms with Crippen LogP contribution in [0.4, 0.5) is 15.8 Å². The fourth-order valence-electron chi connectivity index (χ4n) is 1.65. The summed E-state index contributed by atoms with van der Waals surface area (Å²) < 4.78 is 14.2. The maximum absolute atomic E-state index is 13.6. The van der Waals surface area contributed by atoms with Crippen LogP contribution in [0.1, 0.15) is 5.56 Å². The molecule has 2 aromatic rings. The molecule has 3 N–H and O–H groups in total. The molecular formula is C14H12BrFN2O. The van der Waals surface area contributed by atoms with E-state index in [1.165, 1.54) is 12.1 Å². The lowest BCUT2D eigenvalue weighted by Gasteiger charge is -2.08. The lowest BCUT2D eigenvalue weighted by Crippen LogP contribution is -2.16. The monoisotopic (exact) mass is 322 g/mol. The van der Waals surface area contributed by atoms with Crippen molar-refractivity contribution in [2.45, 2.75) is 6.42 Å². The SMILES string of the molecule is Nc1ccccc1CC(=O)Nc1ccc(Br)cc1F. The van der Waals surface area contributed by atoms with Gasteiger partial charge >= 0.3 is 0 Å². The second kappa shape index (κ2) is 5.84. The molecule has 3 nitrogen and oxygen atoms in total. The van der Waals surface area contributed by atoms with Gasteiger partial charge in [0.2, 0.25) is 5.91 Å². The van der Waals surface area contributed by atoms with E-state index in [1.807, 2.05) is 0 Å². The van der Waals surface area contributed by atoms with Crippen LogP contribution in [-0.4, -0.2) is 5.91 Å². The Balaban J connectivity index is 2.08. The highest BCUT2D eigenvalue weighted by Gasteiger charge is 2.09. The van der Waals surface area contributed by atoms with Crippen LogP contribution in [0, 0.1) is 5.82 Å². The van der Waals surface area contributed by atoms with E-state index in [2.05, 4.69) is 21.2 Å². The van der Waals surface area contributed by atoms with Crippen molar-refractivity contribution >= 4 is 33.2 Å². The van der Waals surface area contributed by atoms with E-state index in [-0.39, 0.29) is 18.0 Å². The lowest BCUT2D eigenvalue weighted by molar-refractivity contribution is -0.115. The van der Waals surface area contributed by atoms with Crippen LogP contribution in [-0.2, 0) is 11.2 Å². The van der Waals surface area contributed by atoms with Gasteiger partial charge in [0.15, 0.2) is 0 Å². The van der Waals surface area contributed by atoms with Crippen LogP contribution >= 0.6 is 15.9 Å². The molecule has 5 heteroatoms. The van der Waals surface area contributed by atoms with Crippen molar-refractivity contribution in [2.24, 2.45) is 0 Å². The normalized spacial score (nSPS) is 10.2. The van der Waals surface area contributed by atoms with Gasteiger partial charge in [-0.25, -0.2) is 4.39 Å². The molecule has 0 aromatic heterocycles. The third kappa shape index (κ3) is 3.54. The fourth-order valence-corrected chi connectivity index (χ4v) is 1.99. The molecule has 0 spiro atoms. The van der Waals surface area contributed by atoms with E-state index in [0.717, 1.165) is 5.56 Å². The maximum atomic E-state index is 13.6. The smallest absolute Gasteiger partial charge is 0.228 e. The first kappa shape index (κ1) is 13.5. The number of benzene rings is 2. The van der Waals surface area contributed by atoms with Gasteiger partial charge in [0.25, 0.3) is 0 Å². The van der Waals surface area contributed by atoms with Crippen LogP contribution in [0.25, 0.3) is 0 Å². The molecule has 0 heterocycles. The number of hydrogen-bond donors (Lipinski definition) is 2. The summed E-state index contributed by atoms with van der Waals surface area (Å²) in [6, 6.07) is 11.6. The van der Waals surface area contributed by atoms with Crippen molar-refractivity contribution in [1.29, 1.82) is 0 Å². The highest BCUT2D eigenvalue weighted by Crippen LogP contribution is 2.20. The fraction of sp³-hybridized carbons (Fsp3) is 0.0714. The zero-order chi connectivity index (χ0) is 13.8. The van der Waals surface area contributed by atoms with E-state index in [1.54, 1.807) is 30.3 Å². The third-order valence-corrected chi connectivity index (χ3v) is 3.10. The van der Waals surface area contributed by atoms with Gasteiger partial charge in [-0.2, -0.15) is 0 Å². The summed E-state index contributed by atoms with van der Waals surface area (Å²) in [5.41, 5.74) is 7.18. The summed E-state index contributed by atoms with van der Waals surface area (Å²) in [7, 11) is 0. The zero-order valence-electron chi connectivity index (χ0n) is 9.99. The molecule has 19 heavy (non-hydrogen) atoms. The molecular weight excluding hydrogens is 311 g/mol. The number of nitrogens with one attached hydrogen (secondary N) is 1. The van der Waals surface area contributed by atoms with Crippen molar-refractivity contribution in [2.75, 3.05) is 11.1 Å². The Bertz CT molecular complexity index is 616. The number of rotatable bonds is 3. The molecule has 1 amide bonds. The Labute approximate surface area is 118 Å². The second-order valence-electron chi connectivity index (χ2n) is 4.05. The minimum absolute atomic E-state index is 0.113. The molecule has 0 saturated carbocycles. The van der Waals surface area contributed by atoms with E-state index < -0.39 is 5.82 Å². The van der Waals surface area contributed by atoms with Gasteiger partial charge in [-0.3, -0.25) is 4.79 Å². The Kier molecular flexibility index (Phi) is 4.16.